The van der Waals surface area contributed by atoms with Gasteiger partial charge in [0.25, 0.3) is 0 Å². The summed E-state index contributed by atoms with van der Waals surface area (Å²) in [5.74, 6) is -0.813. The predicted molar refractivity (Wildman–Crippen MR) is 54.2 cm³/mol. The van der Waals surface area contributed by atoms with Crippen molar-refractivity contribution in [2.45, 2.75) is 19.9 Å². The Balaban J connectivity index is 2.53. The molecule has 0 saturated heterocycles. The molecule has 0 aromatic carbocycles. The number of rotatable bonds is 6. The molecule has 6 nitrogen and oxygen atoms in total. The van der Waals surface area contributed by atoms with Crippen LogP contribution in [0.2, 0.25) is 0 Å². The third kappa shape index (κ3) is 4.07. The zero-order valence-corrected chi connectivity index (χ0v) is 9.05. The summed E-state index contributed by atoms with van der Waals surface area (Å²) >= 11 is 0. The molecule has 0 amide bonds. The van der Waals surface area contributed by atoms with Crippen LogP contribution >= 0.6 is 0 Å². The van der Waals surface area contributed by atoms with Gasteiger partial charge in [-0.15, -0.1) is 5.10 Å². The van der Waals surface area contributed by atoms with E-state index in [0.717, 1.165) is 18.7 Å². The van der Waals surface area contributed by atoms with Gasteiger partial charge in [0.2, 0.25) is 0 Å². The summed E-state index contributed by atoms with van der Waals surface area (Å²) in [7, 11) is 1.79. The molecule has 0 radical (unpaired) electrons. The van der Waals surface area contributed by atoms with Crippen molar-refractivity contribution in [3.63, 3.8) is 0 Å². The molecule has 15 heavy (non-hydrogen) atoms. The molecule has 0 aliphatic heterocycles. The fourth-order valence-corrected chi connectivity index (χ4v) is 1.42. The lowest BCUT2D eigenvalue weighted by molar-refractivity contribution is -0.138. The Morgan fingerprint density at radius 3 is 2.87 bits per heavy atom. The fourth-order valence-electron chi connectivity index (χ4n) is 1.42. The van der Waals surface area contributed by atoms with E-state index in [4.69, 9.17) is 5.11 Å². The van der Waals surface area contributed by atoms with Crippen molar-refractivity contribution >= 4 is 5.97 Å². The van der Waals surface area contributed by atoms with Crippen molar-refractivity contribution in [1.82, 2.24) is 19.9 Å². The lowest BCUT2D eigenvalue weighted by atomic mass is 10.3. The number of aryl methyl sites for hydroxylation is 1. The topological polar surface area (TPSA) is 71.2 Å². The number of hydrogen-bond donors (Lipinski definition) is 1. The Labute approximate surface area is 88.5 Å². The summed E-state index contributed by atoms with van der Waals surface area (Å²) in [4.78, 5) is 12.4. The molecule has 0 atom stereocenters. The predicted octanol–water partition coefficient (Wildman–Crippen LogP) is 0.112. The molecule has 0 fully saturated rings. The monoisotopic (exact) mass is 212 g/mol. The van der Waals surface area contributed by atoms with Crippen molar-refractivity contribution in [2.75, 3.05) is 13.1 Å². The van der Waals surface area contributed by atoms with Crippen LogP contribution in [0.25, 0.3) is 0 Å². The first-order chi connectivity index (χ1) is 7.11. The molecule has 84 valence electrons. The third-order valence-electron chi connectivity index (χ3n) is 1.93. The molecule has 6 heteroatoms. The molecule has 0 aliphatic rings. The maximum atomic E-state index is 10.6. The van der Waals surface area contributed by atoms with E-state index in [1.807, 2.05) is 11.8 Å². The first-order valence-electron chi connectivity index (χ1n) is 4.91. The summed E-state index contributed by atoms with van der Waals surface area (Å²) in [5, 5.41) is 16.4. The summed E-state index contributed by atoms with van der Waals surface area (Å²) in [6.07, 6.45) is 2.72. The fraction of sp³-hybridized carbons (Fsp3) is 0.667. The molecule has 1 heterocycles. The molecular weight excluding hydrogens is 196 g/mol. The zero-order valence-electron chi connectivity index (χ0n) is 9.05. The van der Waals surface area contributed by atoms with Crippen LogP contribution in [-0.4, -0.2) is 44.1 Å². The summed E-state index contributed by atoms with van der Waals surface area (Å²) in [6, 6.07) is 0. The Hall–Kier alpha value is -1.43. The Bertz CT molecular complexity index is 324. The summed E-state index contributed by atoms with van der Waals surface area (Å²) in [6.45, 7) is 3.35. The Kier molecular flexibility index (Phi) is 4.23. The van der Waals surface area contributed by atoms with Crippen LogP contribution in [0.15, 0.2) is 6.20 Å². The minimum absolute atomic E-state index is 0.0460. The lowest BCUT2D eigenvalue weighted by Gasteiger charge is -2.17. The smallest absolute Gasteiger partial charge is 0.317 e. The zero-order chi connectivity index (χ0) is 11.3. The molecule has 1 rings (SSSR count). The maximum Gasteiger partial charge on any atom is 0.317 e. The van der Waals surface area contributed by atoms with Gasteiger partial charge in [-0.05, 0) is 13.0 Å². The van der Waals surface area contributed by atoms with Crippen molar-refractivity contribution in [2.24, 2.45) is 7.05 Å². The van der Waals surface area contributed by atoms with E-state index in [0.29, 0.717) is 6.54 Å². The molecule has 0 unspecified atom stereocenters. The highest BCUT2D eigenvalue weighted by molar-refractivity contribution is 5.69. The lowest BCUT2D eigenvalue weighted by Crippen LogP contribution is -2.30. The third-order valence-corrected chi connectivity index (χ3v) is 1.93. The molecule has 0 bridgehead atoms. The second-order valence-corrected chi connectivity index (χ2v) is 3.49. The number of aromatic nitrogens is 3. The van der Waals surface area contributed by atoms with Crippen LogP contribution in [0.4, 0.5) is 0 Å². The Morgan fingerprint density at radius 1 is 1.67 bits per heavy atom. The second kappa shape index (κ2) is 5.45. The highest BCUT2D eigenvalue weighted by atomic mass is 16.4. The van der Waals surface area contributed by atoms with E-state index in [-0.39, 0.29) is 6.54 Å². The van der Waals surface area contributed by atoms with E-state index >= 15 is 0 Å². The number of carboxylic acids is 1. The molecular formula is C9H16N4O2. The van der Waals surface area contributed by atoms with Crippen LogP contribution in [0.3, 0.4) is 0 Å². The standard InChI is InChI=1S/C9H16N4O2/c1-3-4-13(7-9(14)15)6-8-5-12(2)11-10-8/h5H,3-4,6-7H2,1-2H3,(H,14,15). The average molecular weight is 212 g/mol. The molecule has 1 aromatic rings. The number of nitrogens with zero attached hydrogens (tertiary/aromatic N) is 4. The van der Waals surface area contributed by atoms with Gasteiger partial charge in [0.05, 0.1) is 12.2 Å². The Morgan fingerprint density at radius 2 is 2.40 bits per heavy atom. The van der Waals surface area contributed by atoms with Gasteiger partial charge >= 0.3 is 5.97 Å². The molecule has 0 aliphatic carbocycles. The second-order valence-electron chi connectivity index (χ2n) is 3.49. The number of aliphatic carboxylic acids is 1. The van der Waals surface area contributed by atoms with E-state index in [1.54, 1.807) is 17.9 Å². The van der Waals surface area contributed by atoms with Crippen molar-refractivity contribution in [3.8, 4) is 0 Å². The van der Waals surface area contributed by atoms with Crippen LogP contribution in [0.1, 0.15) is 19.0 Å². The first kappa shape index (κ1) is 11.6. The quantitative estimate of drug-likeness (QED) is 0.724. The van der Waals surface area contributed by atoms with Crippen molar-refractivity contribution < 1.29 is 9.90 Å². The summed E-state index contributed by atoms with van der Waals surface area (Å²) < 4.78 is 1.61. The molecule has 0 saturated carbocycles. The van der Waals surface area contributed by atoms with Gasteiger partial charge in [-0.1, -0.05) is 12.1 Å². The van der Waals surface area contributed by atoms with E-state index in [1.165, 1.54) is 0 Å². The van der Waals surface area contributed by atoms with Gasteiger partial charge in [0.15, 0.2) is 0 Å². The molecule has 1 N–H and O–H groups in total. The largest absolute Gasteiger partial charge is 0.480 e. The number of carbonyl (C=O) groups is 1. The van der Waals surface area contributed by atoms with Crippen LogP contribution in [0, 0.1) is 0 Å². The summed E-state index contributed by atoms with van der Waals surface area (Å²) in [5.41, 5.74) is 0.798. The van der Waals surface area contributed by atoms with Crippen molar-refractivity contribution in [1.29, 1.82) is 0 Å². The SMILES string of the molecule is CCCN(CC(=O)O)Cc1cn(C)nn1. The van der Waals surface area contributed by atoms with Gasteiger partial charge in [-0.25, -0.2) is 0 Å². The normalized spacial score (nSPS) is 10.9. The van der Waals surface area contributed by atoms with E-state index < -0.39 is 5.97 Å². The molecule has 1 aromatic heterocycles. The van der Waals surface area contributed by atoms with Crippen LogP contribution < -0.4 is 0 Å². The maximum absolute atomic E-state index is 10.6. The number of carboxylic acid groups (broad SMARTS) is 1. The first-order valence-corrected chi connectivity index (χ1v) is 4.91. The van der Waals surface area contributed by atoms with E-state index in [2.05, 4.69) is 10.3 Å². The van der Waals surface area contributed by atoms with Crippen LogP contribution in [0.5, 0.6) is 0 Å². The van der Waals surface area contributed by atoms with Crippen LogP contribution in [-0.2, 0) is 18.4 Å². The van der Waals surface area contributed by atoms with Gasteiger partial charge in [-0.2, -0.15) is 0 Å². The highest BCUT2D eigenvalue weighted by Gasteiger charge is 2.10. The molecule has 0 spiro atoms. The van der Waals surface area contributed by atoms with Gasteiger partial charge < -0.3 is 5.11 Å². The van der Waals surface area contributed by atoms with Gasteiger partial charge in [0.1, 0.15) is 0 Å². The highest BCUT2D eigenvalue weighted by Crippen LogP contribution is 2.00. The average Bonchev–Trinajstić information content (AvgIpc) is 2.50. The minimum Gasteiger partial charge on any atom is -0.480 e. The van der Waals surface area contributed by atoms with Gasteiger partial charge in [0, 0.05) is 19.8 Å². The van der Waals surface area contributed by atoms with Gasteiger partial charge in [-0.3, -0.25) is 14.4 Å². The number of hydrogen-bond acceptors (Lipinski definition) is 4. The minimum atomic E-state index is -0.813. The van der Waals surface area contributed by atoms with E-state index in [9.17, 15) is 4.79 Å². The van der Waals surface area contributed by atoms with Crippen molar-refractivity contribution in [3.05, 3.63) is 11.9 Å².